The highest BCUT2D eigenvalue weighted by Crippen LogP contribution is 2.26. The summed E-state index contributed by atoms with van der Waals surface area (Å²) in [5.74, 6) is 0.0522. The second-order valence-electron chi connectivity index (χ2n) is 4.14. The lowest BCUT2D eigenvalue weighted by molar-refractivity contribution is -0.0504. The molecule has 2 rings (SSSR count). The third kappa shape index (κ3) is 4.07. The molecule has 2 aromatic carbocycles. The van der Waals surface area contributed by atoms with Crippen molar-refractivity contribution in [2.24, 2.45) is 0 Å². The number of rotatable bonds is 5. The fourth-order valence-corrected chi connectivity index (χ4v) is 2.02. The van der Waals surface area contributed by atoms with Gasteiger partial charge in [-0.15, -0.1) is 0 Å². The third-order valence-electron chi connectivity index (χ3n) is 2.76. The molecule has 108 valence electrons. The van der Waals surface area contributed by atoms with E-state index in [1.54, 1.807) is 30.3 Å². The fraction of sp³-hybridized carbons (Fsp3) is 0.133. The topological polar surface area (TPSA) is 45.0 Å². The number of nitrogens with zero attached hydrogens (tertiary/aromatic N) is 1. The average Bonchev–Trinajstić information content (AvgIpc) is 2.47. The molecule has 0 aliphatic carbocycles. The van der Waals surface area contributed by atoms with Crippen molar-refractivity contribution in [2.45, 2.75) is 13.2 Å². The van der Waals surface area contributed by atoms with E-state index in [1.807, 2.05) is 0 Å². The van der Waals surface area contributed by atoms with Crippen LogP contribution >= 0.6 is 11.6 Å². The van der Waals surface area contributed by atoms with E-state index in [-0.39, 0.29) is 12.3 Å². The van der Waals surface area contributed by atoms with Gasteiger partial charge in [-0.25, -0.2) is 0 Å². The first-order chi connectivity index (χ1) is 10.1. The number of hydrogen-bond acceptors (Lipinski definition) is 3. The van der Waals surface area contributed by atoms with Crippen LogP contribution in [0.5, 0.6) is 5.75 Å². The normalized spacial score (nSPS) is 10.2. The first-order valence-electron chi connectivity index (χ1n) is 6.06. The number of nitrogens with one attached hydrogen (secondary N) is 1. The number of benzene rings is 2. The van der Waals surface area contributed by atoms with Crippen molar-refractivity contribution in [3.05, 3.63) is 58.6 Å². The first-order valence-corrected chi connectivity index (χ1v) is 6.44. The maximum Gasteiger partial charge on any atom is 0.387 e. The SMILES string of the molecule is N#Cc1ccccc1NCc1cc(Cl)ccc1OC(F)F. The van der Waals surface area contributed by atoms with Gasteiger partial charge in [0.1, 0.15) is 11.8 Å². The Labute approximate surface area is 125 Å². The van der Waals surface area contributed by atoms with E-state index in [0.717, 1.165) is 0 Å². The van der Waals surface area contributed by atoms with E-state index < -0.39 is 6.61 Å². The first kappa shape index (κ1) is 15.1. The third-order valence-corrected chi connectivity index (χ3v) is 2.99. The molecule has 21 heavy (non-hydrogen) atoms. The Bertz CT molecular complexity index is 671. The van der Waals surface area contributed by atoms with Gasteiger partial charge in [-0.05, 0) is 30.3 Å². The van der Waals surface area contributed by atoms with Gasteiger partial charge in [0.15, 0.2) is 0 Å². The van der Waals surface area contributed by atoms with E-state index in [9.17, 15) is 8.78 Å². The van der Waals surface area contributed by atoms with Crippen LogP contribution in [0.15, 0.2) is 42.5 Å². The lowest BCUT2D eigenvalue weighted by Gasteiger charge is -2.13. The van der Waals surface area contributed by atoms with Gasteiger partial charge < -0.3 is 10.1 Å². The van der Waals surface area contributed by atoms with Gasteiger partial charge in [0, 0.05) is 17.1 Å². The molecule has 0 saturated carbocycles. The maximum atomic E-state index is 12.4. The van der Waals surface area contributed by atoms with E-state index in [4.69, 9.17) is 16.9 Å². The highest BCUT2D eigenvalue weighted by Gasteiger charge is 2.11. The van der Waals surface area contributed by atoms with Crippen LogP contribution in [0.1, 0.15) is 11.1 Å². The van der Waals surface area contributed by atoms with Crippen LogP contribution in [0, 0.1) is 11.3 Å². The summed E-state index contributed by atoms with van der Waals surface area (Å²) < 4.78 is 29.2. The molecule has 0 bridgehead atoms. The quantitative estimate of drug-likeness (QED) is 0.889. The summed E-state index contributed by atoms with van der Waals surface area (Å²) in [6.07, 6.45) is 0. The molecule has 0 unspecified atom stereocenters. The van der Waals surface area contributed by atoms with Crippen LogP contribution < -0.4 is 10.1 Å². The van der Waals surface area contributed by atoms with Crippen molar-refractivity contribution < 1.29 is 13.5 Å². The molecule has 0 fully saturated rings. The number of para-hydroxylation sites is 1. The Morgan fingerprint density at radius 3 is 2.71 bits per heavy atom. The number of nitriles is 1. The minimum atomic E-state index is -2.91. The summed E-state index contributed by atoms with van der Waals surface area (Å²) >= 11 is 5.87. The van der Waals surface area contributed by atoms with Crippen molar-refractivity contribution in [1.29, 1.82) is 5.26 Å². The molecule has 2 aromatic rings. The largest absolute Gasteiger partial charge is 0.434 e. The average molecular weight is 309 g/mol. The van der Waals surface area contributed by atoms with Crippen LogP contribution in [-0.4, -0.2) is 6.61 Å². The zero-order chi connectivity index (χ0) is 15.2. The fourth-order valence-electron chi connectivity index (χ4n) is 1.82. The minimum absolute atomic E-state index is 0.0522. The molecule has 1 N–H and O–H groups in total. The number of ether oxygens (including phenoxy) is 1. The molecule has 0 atom stereocenters. The second-order valence-corrected chi connectivity index (χ2v) is 4.58. The molecular weight excluding hydrogens is 298 g/mol. The predicted octanol–water partition coefficient (Wildman–Crippen LogP) is 4.43. The standard InChI is InChI=1S/C15H11ClF2N2O/c16-12-5-6-14(21-15(17)18)11(7-12)9-20-13-4-2-1-3-10(13)8-19/h1-7,15,20H,9H2. The van der Waals surface area contributed by atoms with Gasteiger partial charge in [-0.2, -0.15) is 14.0 Å². The van der Waals surface area contributed by atoms with E-state index in [1.165, 1.54) is 12.1 Å². The predicted molar refractivity (Wildman–Crippen MR) is 76.6 cm³/mol. The monoisotopic (exact) mass is 308 g/mol. The van der Waals surface area contributed by atoms with Crippen molar-refractivity contribution in [3.8, 4) is 11.8 Å². The van der Waals surface area contributed by atoms with Crippen molar-refractivity contribution in [1.82, 2.24) is 0 Å². The number of hydrogen-bond donors (Lipinski definition) is 1. The second kappa shape index (κ2) is 6.91. The van der Waals surface area contributed by atoms with Crippen LogP contribution in [0.2, 0.25) is 5.02 Å². The number of alkyl halides is 2. The Balaban J connectivity index is 2.19. The van der Waals surface area contributed by atoms with E-state index >= 15 is 0 Å². The molecule has 0 aliphatic rings. The maximum absolute atomic E-state index is 12.4. The molecule has 3 nitrogen and oxygen atoms in total. The summed E-state index contributed by atoms with van der Waals surface area (Å²) in [5, 5.41) is 12.4. The molecule has 0 aliphatic heterocycles. The Morgan fingerprint density at radius 1 is 1.24 bits per heavy atom. The highest BCUT2D eigenvalue weighted by atomic mass is 35.5. The van der Waals surface area contributed by atoms with Crippen LogP contribution in [0.3, 0.4) is 0 Å². The highest BCUT2D eigenvalue weighted by molar-refractivity contribution is 6.30. The van der Waals surface area contributed by atoms with Gasteiger partial charge in [0.2, 0.25) is 0 Å². The van der Waals surface area contributed by atoms with Crippen molar-refractivity contribution >= 4 is 17.3 Å². The molecular formula is C15H11ClF2N2O. The summed E-state index contributed by atoms with van der Waals surface area (Å²) in [5.41, 5.74) is 1.56. The molecule has 0 aromatic heterocycles. The smallest absolute Gasteiger partial charge is 0.387 e. The minimum Gasteiger partial charge on any atom is -0.434 e. The van der Waals surface area contributed by atoms with Crippen LogP contribution in [0.25, 0.3) is 0 Å². The molecule has 0 spiro atoms. The van der Waals surface area contributed by atoms with Gasteiger partial charge in [-0.1, -0.05) is 23.7 Å². The summed E-state index contributed by atoms with van der Waals surface area (Å²) in [6.45, 7) is -2.70. The van der Waals surface area contributed by atoms with E-state index in [0.29, 0.717) is 21.8 Å². The Morgan fingerprint density at radius 2 is 2.00 bits per heavy atom. The molecule has 0 saturated heterocycles. The van der Waals surface area contributed by atoms with Crippen molar-refractivity contribution in [3.63, 3.8) is 0 Å². The van der Waals surface area contributed by atoms with Crippen molar-refractivity contribution in [2.75, 3.05) is 5.32 Å². The number of halogens is 3. The lowest BCUT2D eigenvalue weighted by Crippen LogP contribution is -2.07. The zero-order valence-corrected chi connectivity index (χ0v) is 11.6. The van der Waals surface area contributed by atoms with Gasteiger partial charge in [-0.3, -0.25) is 0 Å². The molecule has 0 amide bonds. The lowest BCUT2D eigenvalue weighted by atomic mass is 10.1. The Kier molecular flexibility index (Phi) is 4.96. The van der Waals surface area contributed by atoms with Crippen LogP contribution in [0.4, 0.5) is 14.5 Å². The van der Waals surface area contributed by atoms with Crippen LogP contribution in [-0.2, 0) is 6.54 Å². The van der Waals surface area contributed by atoms with E-state index in [2.05, 4.69) is 16.1 Å². The molecule has 0 radical (unpaired) electrons. The summed E-state index contributed by atoms with van der Waals surface area (Å²) in [7, 11) is 0. The number of anilines is 1. The van der Waals surface area contributed by atoms with Gasteiger partial charge in [0.05, 0.1) is 11.3 Å². The Hall–Kier alpha value is -2.32. The summed E-state index contributed by atoms with van der Waals surface area (Å²) in [4.78, 5) is 0. The van der Waals surface area contributed by atoms with Gasteiger partial charge >= 0.3 is 6.61 Å². The summed E-state index contributed by atoms with van der Waals surface area (Å²) in [6, 6.07) is 13.4. The molecule has 0 heterocycles. The molecule has 6 heteroatoms. The van der Waals surface area contributed by atoms with Gasteiger partial charge in [0.25, 0.3) is 0 Å². The zero-order valence-electron chi connectivity index (χ0n) is 10.8.